The number of carbonyl (C=O) groups is 1. The standard InChI is InChI=1S/C21H33N3O2/c1-18-7-5-6-10-20(18)22-21(25)17-24-13-11-23(12-14-24)15-16-26-19-8-3-2-4-9-19/h2-4,8-9,18,20H,5-7,10-17H2,1H3,(H,22,25)/p+2/t18-,20+/m1/s1. The molecule has 2 atom stereocenters. The predicted octanol–water partition coefficient (Wildman–Crippen LogP) is -0.456. The van der Waals surface area contributed by atoms with Crippen molar-refractivity contribution in [2.24, 2.45) is 5.92 Å². The van der Waals surface area contributed by atoms with Crippen LogP contribution >= 0.6 is 0 Å². The second-order valence-electron chi connectivity index (χ2n) is 8.02. The van der Waals surface area contributed by atoms with Gasteiger partial charge in [-0.2, -0.15) is 0 Å². The fraction of sp³-hybridized carbons (Fsp3) is 0.667. The van der Waals surface area contributed by atoms with Crippen molar-refractivity contribution in [3.8, 4) is 5.75 Å². The number of benzene rings is 1. The van der Waals surface area contributed by atoms with Crippen LogP contribution in [0, 0.1) is 5.92 Å². The van der Waals surface area contributed by atoms with Gasteiger partial charge in [-0.1, -0.05) is 38.0 Å². The van der Waals surface area contributed by atoms with Gasteiger partial charge in [0.25, 0.3) is 5.91 Å². The molecule has 1 aromatic rings. The van der Waals surface area contributed by atoms with E-state index >= 15 is 0 Å². The molecule has 1 aliphatic heterocycles. The van der Waals surface area contributed by atoms with Gasteiger partial charge in [0.1, 0.15) is 45.1 Å². The maximum atomic E-state index is 12.4. The quantitative estimate of drug-likeness (QED) is 0.616. The lowest BCUT2D eigenvalue weighted by atomic mass is 9.86. The SMILES string of the molecule is C[C@@H]1CCCC[C@@H]1NC(=O)C[NH+]1CC[NH+](CCOc2ccccc2)CC1. The van der Waals surface area contributed by atoms with E-state index in [-0.39, 0.29) is 5.91 Å². The second kappa shape index (κ2) is 9.93. The second-order valence-corrected chi connectivity index (χ2v) is 8.02. The average Bonchev–Trinajstić information content (AvgIpc) is 2.66. The van der Waals surface area contributed by atoms with Crippen LogP contribution in [0.15, 0.2) is 30.3 Å². The Labute approximate surface area is 157 Å². The molecule has 1 amide bonds. The van der Waals surface area contributed by atoms with E-state index in [0.717, 1.165) is 51.5 Å². The lowest BCUT2D eigenvalue weighted by Crippen LogP contribution is -3.28. The van der Waals surface area contributed by atoms with Crippen molar-refractivity contribution in [3.63, 3.8) is 0 Å². The molecule has 0 spiro atoms. The first-order valence-electron chi connectivity index (χ1n) is 10.3. The zero-order valence-corrected chi connectivity index (χ0v) is 16.1. The number of quaternary nitrogens is 2. The molecule has 1 heterocycles. The van der Waals surface area contributed by atoms with E-state index in [1.807, 2.05) is 30.3 Å². The van der Waals surface area contributed by atoms with Crippen LogP contribution in [0.1, 0.15) is 32.6 Å². The van der Waals surface area contributed by atoms with E-state index in [4.69, 9.17) is 4.74 Å². The molecule has 3 N–H and O–H groups in total. The predicted molar refractivity (Wildman–Crippen MR) is 103 cm³/mol. The number of nitrogens with one attached hydrogen (secondary N) is 3. The van der Waals surface area contributed by atoms with E-state index in [9.17, 15) is 4.79 Å². The Kier molecular flexibility index (Phi) is 7.32. The number of rotatable bonds is 7. The average molecular weight is 362 g/mol. The van der Waals surface area contributed by atoms with Crippen molar-refractivity contribution in [2.45, 2.75) is 38.6 Å². The highest BCUT2D eigenvalue weighted by atomic mass is 16.5. The zero-order valence-electron chi connectivity index (χ0n) is 16.1. The molecule has 2 fully saturated rings. The summed E-state index contributed by atoms with van der Waals surface area (Å²) in [6.45, 7) is 9.11. The molecule has 0 unspecified atom stereocenters. The van der Waals surface area contributed by atoms with E-state index < -0.39 is 0 Å². The first-order valence-corrected chi connectivity index (χ1v) is 10.3. The van der Waals surface area contributed by atoms with Crippen LogP contribution in [0.5, 0.6) is 5.75 Å². The summed E-state index contributed by atoms with van der Waals surface area (Å²) in [5.41, 5.74) is 0. The number of carbonyl (C=O) groups excluding carboxylic acids is 1. The molecule has 3 rings (SSSR count). The van der Waals surface area contributed by atoms with Crippen molar-refractivity contribution in [1.82, 2.24) is 5.32 Å². The summed E-state index contributed by atoms with van der Waals surface area (Å²) in [4.78, 5) is 15.4. The van der Waals surface area contributed by atoms with Gasteiger partial charge in [0.05, 0.1) is 0 Å². The largest absolute Gasteiger partial charge is 0.488 e. The van der Waals surface area contributed by atoms with Gasteiger partial charge >= 0.3 is 0 Å². The highest BCUT2D eigenvalue weighted by molar-refractivity contribution is 5.77. The minimum absolute atomic E-state index is 0.245. The molecule has 5 nitrogen and oxygen atoms in total. The van der Waals surface area contributed by atoms with Gasteiger partial charge in [-0.05, 0) is 30.9 Å². The van der Waals surface area contributed by atoms with E-state index in [2.05, 4.69) is 12.2 Å². The van der Waals surface area contributed by atoms with E-state index in [1.165, 1.54) is 24.2 Å². The van der Waals surface area contributed by atoms with Crippen LogP contribution in [-0.2, 0) is 4.79 Å². The van der Waals surface area contributed by atoms with E-state index in [0.29, 0.717) is 18.5 Å². The summed E-state index contributed by atoms with van der Waals surface area (Å²) in [5.74, 6) is 1.83. The van der Waals surface area contributed by atoms with Crippen molar-refractivity contribution < 1.29 is 19.3 Å². The van der Waals surface area contributed by atoms with Crippen LogP contribution in [0.3, 0.4) is 0 Å². The number of hydrogen-bond acceptors (Lipinski definition) is 2. The lowest BCUT2D eigenvalue weighted by Gasteiger charge is -2.32. The van der Waals surface area contributed by atoms with Gasteiger partial charge in [0.2, 0.25) is 0 Å². The minimum Gasteiger partial charge on any atom is -0.488 e. The molecule has 0 radical (unpaired) electrons. The third kappa shape index (κ3) is 5.99. The third-order valence-corrected chi connectivity index (χ3v) is 6.00. The summed E-state index contributed by atoms with van der Waals surface area (Å²) >= 11 is 0. The zero-order chi connectivity index (χ0) is 18.2. The fourth-order valence-electron chi connectivity index (χ4n) is 4.23. The lowest BCUT2D eigenvalue weighted by molar-refractivity contribution is -1.01. The molecule has 2 aliphatic rings. The first-order chi connectivity index (χ1) is 12.7. The van der Waals surface area contributed by atoms with Crippen molar-refractivity contribution >= 4 is 5.91 Å². The molecule has 5 heteroatoms. The van der Waals surface area contributed by atoms with Crippen molar-refractivity contribution in [1.29, 1.82) is 0 Å². The van der Waals surface area contributed by atoms with Crippen LogP contribution in [0.4, 0.5) is 0 Å². The highest BCUT2D eigenvalue weighted by Crippen LogP contribution is 2.23. The summed E-state index contributed by atoms with van der Waals surface area (Å²) < 4.78 is 5.80. The smallest absolute Gasteiger partial charge is 0.275 e. The van der Waals surface area contributed by atoms with Gasteiger partial charge < -0.3 is 19.9 Å². The molecule has 1 aliphatic carbocycles. The normalized spacial score (nSPS) is 29.1. The highest BCUT2D eigenvalue weighted by Gasteiger charge is 2.27. The topological polar surface area (TPSA) is 47.2 Å². The Morgan fingerprint density at radius 1 is 1.08 bits per heavy atom. The minimum atomic E-state index is 0.245. The van der Waals surface area contributed by atoms with Crippen molar-refractivity contribution in [2.75, 3.05) is 45.9 Å². The maximum absolute atomic E-state index is 12.4. The Hall–Kier alpha value is -1.59. The summed E-state index contributed by atoms with van der Waals surface area (Å²) in [6, 6.07) is 10.4. The van der Waals surface area contributed by atoms with Gasteiger partial charge in [0.15, 0.2) is 6.54 Å². The molecule has 1 saturated carbocycles. The first kappa shape index (κ1) is 19.2. The number of hydrogen-bond donors (Lipinski definition) is 3. The molecular formula is C21H35N3O2+2. The van der Waals surface area contributed by atoms with Gasteiger partial charge in [-0.15, -0.1) is 0 Å². The molecule has 1 aromatic carbocycles. The summed E-state index contributed by atoms with van der Waals surface area (Å²) in [5, 5.41) is 3.29. The third-order valence-electron chi connectivity index (χ3n) is 6.00. The van der Waals surface area contributed by atoms with E-state index in [1.54, 1.807) is 4.90 Å². The summed E-state index contributed by atoms with van der Waals surface area (Å²) in [6.07, 6.45) is 4.99. The summed E-state index contributed by atoms with van der Waals surface area (Å²) in [7, 11) is 0. The van der Waals surface area contributed by atoms with Gasteiger partial charge in [-0.25, -0.2) is 0 Å². The van der Waals surface area contributed by atoms with Gasteiger partial charge in [0, 0.05) is 6.04 Å². The Bertz CT molecular complexity index is 543. The number of amides is 1. The van der Waals surface area contributed by atoms with Crippen LogP contribution in [0.2, 0.25) is 0 Å². The Morgan fingerprint density at radius 3 is 2.50 bits per heavy atom. The van der Waals surface area contributed by atoms with Crippen LogP contribution < -0.4 is 19.9 Å². The molecule has 0 aromatic heterocycles. The number of ether oxygens (including phenoxy) is 1. The van der Waals surface area contributed by atoms with Gasteiger partial charge in [-0.3, -0.25) is 4.79 Å². The molecule has 26 heavy (non-hydrogen) atoms. The molecule has 1 saturated heterocycles. The molecule has 144 valence electrons. The van der Waals surface area contributed by atoms with Crippen molar-refractivity contribution in [3.05, 3.63) is 30.3 Å². The van der Waals surface area contributed by atoms with Crippen LogP contribution in [0.25, 0.3) is 0 Å². The maximum Gasteiger partial charge on any atom is 0.275 e. The number of para-hydroxylation sites is 1. The fourth-order valence-corrected chi connectivity index (χ4v) is 4.23. The monoisotopic (exact) mass is 361 g/mol. The number of piperazine rings is 1. The Balaban J connectivity index is 1.30. The molecule has 0 bridgehead atoms. The Morgan fingerprint density at radius 2 is 1.77 bits per heavy atom. The molecular weight excluding hydrogens is 326 g/mol. The van der Waals surface area contributed by atoms with Crippen LogP contribution in [-0.4, -0.2) is 57.8 Å².